The molecule has 18 heavy (non-hydrogen) atoms. The average molecular weight is 341 g/mol. The van der Waals surface area contributed by atoms with Gasteiger partial charge in [0.1, 0.15) is 9.87 Å². The van der Waals surface area contributed by atoms with Gasteiger partial charge in [-0.2, -0.15) is 0 Å². The maximum absolute atomic E-state index is 11.9. The Bertz CT molecular complexity index is 592. The van der Waals surface area contributed by atoms with Gasteiger partial charge in [-0.3, -0.25) is 4.79 Å². The van der Waals surface area contributed by atoms with Gasteiger partial charge < -0.3 is 11.1 Å². The summed E-state index contributed by atoms with van der Waals surface area (Å²) in [6, 6.07) is 8.94. The number of rotatable bonds is 3. The summed E-state index contributed by atoms with van der Waals surface area (Å²) in [5.74, 6) is -0.139. The minimum atomic E-state index is -0.139. The van der Waals surface area contributed by atoms with Crippen molar-refractivity contribution in [3.05, 3.63) is 50.6 Å². The normalized spacial score (nSPS) is 10.1. The van der Waals surface area contributed by atoms with Crippen molar-refractivity contribution in [3.63, 3.8) is 0 Å². The minimum Gasteiger partial charge on any atom is -0.389 e. The highest BCUT2D eigenvalue weighted by Crippen LogP contribution is 2.23. The number of benzene rings is 1. The molecule has 0 aliphatic rings. The lowest BCUT2D eigenvalue weighted by atomic mass is 10.2. The quantitative estimate of drug-likeness (QED) is 0.842. The van der Waals surface area contributed by atoms with Crippen LogP contribution in [0.3, 0.4) is 0 Å². The Balaban J connectivity index is 2.13. The van der Waals surface area contributed by atoms with Gasteiger partial charge in [-0.1, -0.05) is 12.2 Å². The van der Waals surface area contributed by atoms with Crippen LogP contribution in [0.25, 0.3) is 0 Å². The van der Waals surface area contributed by atoms with E-state index in [2.05, 4.69) is 21.2 Å². The molecule has 2 rings (SSSR count). The topological polar surface area (TPSA) is 55.1 Å². The zero-order valence-electron chi connectivity index (χ0n) is 9.14. The molecule has 1 heterocycles. The molecule has 0 bridgehead atoms. The first-order valence-corrected chi connectivity index (χ1v) is 7.10. The number of halogens is 1. The molecule has 6 heteroatoms. The smallest absolute Gasteiger partial charge is 0.266 e. The third kappa shape index (κ3) is 2.95. The van der Waals surface area contributed by atoms with Crippen LogP contribution in [0.4, 0.5) is 5.69 Å². The number of hydrogen-bond acceptors (Lipinski definition) is 3. The number of carbonyl (C=O) groups excluding carboxylic acids is 1. The highest BCUT2D eigenvalue weighted by atomic mass is 79.9. The second kappa shape index (κ2) is 5.60. The molecule has 0 spiro atoms. The monoisotopic (exact) mass is 340 g/mol. The van der Waals surface area contributed by atoms with Crippen LogP contribution in [-0.4, -0.2) is 10.9 Å². The summed E-state index contributed by atoms with van der Waals surface area (Å²) in [5.41, 5.74) is 6.99. The summed E-state index contributed by atoms with van der Waals surface area (Å²) < 4.78 is 0.796. The van der Waals surface area contributed by atoms with Gasteiger partial charge in [0.25, 0.3) is 5.91 Å². The van der Waals surface area contributed by atoms with E-state index in [0.29, 0.717) is 15.6 Å². The van der Waals surface area contributed by atoms with Crippen molar-refractivity contribution in [1.29, 1.82) is 0 Å². The summed E-state index contributed by atoms with van der Waals surface area (Å²) in [7, 11) is 0. The van der Waals surface area contributed by atoms with E-state index in [0.717, 1.165) is 10.0 Å². The van der Waals surface area contributed by atoms with Crippen LogP contribution < -0.4 is 11.1 Å². The molecule has 2 aromatic rings. The molecule has 0 saturated heterocycles. The van der Waals surface area contributed by atoms with Crippen LogP contribution in [0, 0.1) is 0 Å². The van der Waals surface area contributed by atoms with E-state index in [9.17, 15) is 4.79 Å². The fourth-order valence-electron chi connectivity index (χ4n) is 1.36. The summed E-state index contributed by atoms with van der Waals surface area (Å²) >= 11 is 9.57. The van der Waals surface area contributed by atoms with Crippen LogP contribution in [0.5, 0.6) is 0 Å². The molecular formula is C12H9BrN2OS2. The minimum absolute atomic E-state index is 0.139. The molecule has 0 radical (unpaired) electrons. The van der Waals surface area contributed by atoms with E-state index in [1.54, 1.807) is 24.3 Å². The zero-order valence-corrected chi connectivity index (χ0v) is 12.4. The Labute approximate surface area is 122 Å². The standard InChI is InChI=1S/C12H9BrN2OS2/c13-9-5-6-18-10(9)12(16)15-8-3-1-7(2-4-8)11(14)17/h1-6H,(H2,14,17)(H,15,16). The second-order valence-electron chi connectivity index (χ2n) is 3.49. The molecule has 3 N–H and O–H groups in total. The Kier molecular flexibility index (Phi) is 4.11. The molecule has 1 aromatic carbocycles. The Hall–Kier alpha value is -1.24. The van der Waals surface area contributed by atoms with Gasteiger partial charge in [0.05, 0.1) is 0 Å². The largest absolute Gasteiger partial charge is 0.389 e. The summed E-state index contributed by atoms with van der Waals surface area (Å²) in [4.78, 5) is 12.9. The number of thiophene rings is 1. The molecule has 0 saturated carbocycles. The molecule has 0 atom stereocenters. The van der Waals surface area contributed by atoms with Gasteiger partial charge in [0.2, 0.25) is 0 Å². The summed E-state index contributed by atoms with van der Waals surface area (Å²) in [5, 5.41) is 4.66. The lowest BCUT2D eigenvalue weighted by Crippen LogP contribution is -2.12. The number of amides is 1. The van der Waals surface area contributed by atoms with E-state index in [-0.39, 0.29) is 5.91 Å². The van der Waals surface area contributed by atoms with E-state index in [1.807, 2.05) is 11.4 Å². The van der Waals surface area contributed by atoms with Gasteiger partial charge in [-0.25, -0.2) is 0 Å². The van der Waals surface area contributed by atoms with Crippen molar-refractivity contribution in [2.75, 3.05) is 5.32 Å². The van der Waals surface area contributed by atoms with Crippen molar-refractivity contribution >= 4 is 56.1 Å². The van der Waals surface area contributed by atoms with Crippen LogP contribution in [-0.2, 0) is 0 Å². The van der Waals surface area contributed by atoms with E-state index < -0.39 is 0 Å². The predicted octanol–water partition coefficient (Wildman–Crippen LogP) is 3.40. The van der Waals surface area contributed by atoms with E-state index in [4.69, 9.17) is 18.0 Å². The highest BCUT2D eigenvalue weighted by molar-refractivity contribution is 9.10. The Morgan fingerprint density at radius 3 is 2.44 bits per heavy atom. The SMILES string of the molecule is NC(=S)c1ccc(NC(=O)c2sccc2Br)cc1. The molecule has 0 fully saturated rings. The molecule has 0 aliphatic carbocycles. The fraction of sp³-hybridized carbons (Fsp3) is 0. The zero-order chi connectivity index (χ0) is 13.1. The first kappa shape index (κ1) is 13.2. The van der Waals surface area contributed by atoms with Gasteiger partial charge in [-0.15, -0.1) is 11.3 Å². The summed E-state index contributed by atoms with van der Waals surface area (Å²) in [6.07, 6.45) is 0. The van der Waals surface area contributed by atoms with Crippen LogP contribution in [0.1, 0.15) is 15.2 Å². The van der Waals surface area contributed by atoms with Gasteiger partial charge in [-0.05, 0) is 51.6 Å². The molecule has 3 nitrogen and oxygen atoms in total. The van der Waals surface area contributed by atoms with Gasteiger partial charge in [0.15, 0.2) is 0 Å². The number of thiocarbonyl (C=S) groups is 1. The Morgan fingerprint density at radius 1 is 1.28 bits per heavy atom. The van der Waals surface area contributed by atoms with E-state index >= 15 is 0 Å². The van der Waals surface area contributed by atoms with Crippen molar-refractivity contribution in [2.24, 2.45) is 5.73 Å². The second-order valence-corrected chi connectivity index (χ2v) is 5.70. The first-order valence-electron chi connectivity index (χ1n) is 5.02. The van der Waals surface area contributed by atoms with Gasteiger partial charge >= 0.3 is 0 Å². The van der Waals surface area contributed by atoms with Crippen LogP contribution in [0.2, 0.25) is 0 Å². The number of carbonyl (C=O) groups is 1. The molecule has 1 amide bonds. The third-order valence-electron chi connectivity index (χ3n) is 2.25. The third-order valence-corrected chi connectivity index (χ3v) is 4.32. The molecule has 0 unspecified atom stereocenters. The molecule has 92 valence electrons. The Morgan fingerprint density at radius 2 is 1.94 bits per heavy atom. The van der Waals surface area contributed by atoms with Crippen molar-refractivity contribution in [1.82, 2.24) is 0 Å². The van der Waals surface area contributed by atoms with Crippen LogP contribution >= 0.6 is 39.5 Å². The van der Waals surface area contributed by atoms with Crippen molar-refractivity contribution < 1.29 is 4.79 Å². The lowest BCUT2D eigenvalue weighted by Gasteiger charge is -2.05. The maximum atomic E-state index is 11.9. The molecule has 1 aromatic heterocycles. The molecule has 0 aliphatic heterocycles. The van der Waals surface area contributed by atoms with Crippen molar-refractivity contribution in [3.8, 4) is 0 Å². The molecular weight excluding hydrogens is 332 g/mol. The van der Waals surface area contributed by atoms with E-state index in [1.165, 1.54) is 11.3 Å². The number of nitrogens with two attached hydrogens (primary N) is 1. The lowest BCUT2D eigenvalue weighted by molar-refractivity contribution is 0.103. The van der Waals surface area contributed by atoms with Gasteiger partial charge in [0, 0.05) is 15.7 Å². The average Bonchev–Trinajstić information content (AvgIpc) is 2.76. The fourth-order valence-corrected chi connectivity index (χ4v) is 2.94. The summed E-state index contributed by atoms with van der Waals surface area (Å²) in [6.45, 7) is 0. The van der Waals surface area contributed by atoms with Crippen LogP contribution in [0.15, 0.2) is 40.2 Å². The predicted molar refractivity (Wildman–Crippen MR) is 82.3 cm³/mol. The van der Waals surface area contributed by atoms with Crippen molar-refractivity contribution in [2.45, 2.75) is 0 Å². The maximum Gasteiger partial charge on any atom is 0.266 e. The first-order chi connectivity index (χ1) is 8.58. The number of anilines is 1. The number of hydrogen-bond donors (Lipinski definition) is 2. The number of nitrogens with one attached hydrogen (secondary N) is 1. The highest BCUT2D eigenvalue weighted by Gasteiger charge is 2.11.